The molecule has 0 saturated carbocycles. The summed E-state index contributed by atoms with van der Waals surface area (Å²) in [6.45, 7) is -0.672. The average molecular weight is 474 g/mol. The van der Waals surface area contributed by atoms with Gasteiger partial charge in [0.15, 0.2) is 6.61 Å². The summed E-state index contributed by atoms with van der Waals surface area (Å²) in [4.78, 5) is 36.7. The van der Waals surface area contributed by atoms with Gasteiger partial charge in [0.2, 0.25) is 5.78 Å². The van der Waals surface area contributed by atoms with Crippen LogP contribution in [0.3, 0.4) is 0 Å². The largest absolute Gasteiger partial charge is 0.456 e. The molecule has 0 aliphatic rings. The van der Waals surface area contributed by atoms with E-state index in [-0.39, 0.29) is 11.3 Å². The van der Waals surface area contributed by atoms with Gasteiger partial charge in [0.05, 0.1) is 0 Å². The molecule has 0 spiro atoms. The zero-order valence-electron chi connectivity index (χ0n) is 18.3. The van der Waals surface area contributed by atoms with E-state index in [1.54, 1.807) is 36.6 Å². The zero-order valence-corrected chi connectivity index (χ0v) is 18.3. The number of Topliss-reactive ketones (excluding diaryl/α,β-unsaturated/α-hetero) is 1. The molecule has 2 aromatic carbocycles. The molecule has 178 valence electrons. The predicted molar refractivity (Wildman–Crippen MR) is 116 cm³/mol. The summed E-state index contributed by atoms with van der Waals surface area (Å²) in [5, 5.41) is 2.29. The molecule has 0 aliphatic heterocycles. The first-order valence-electron chi connectivity index (χ1n) is 10.1. The number of benzene rings is 2. The minimum atomic E-state index is -3.04. The van der Waals surface area contributed by atoms with E-state index < -0.39 is 43.2 Å². The number of aromatic nitrogens is 1. The van der Waals surface area contributed by atoms with Crippen molar-refractivity contribution in [1.29, 1.82) is 0 Å². The van der Waals surface area contributed by atoms with E-state index in [1.807, 2.05) is 0 Å². The quantitative estimate of drug-likeness (QED) is 0.374. The standard InChI is InChI=1S/C24H21F3N2O5/c1-14-9-20(15(2)29(14)18-7-4-6-17(25)11-18)21(30)13-33-22(31)12-28-23(32)16-5-3-8-19(10-16)34-24(26)27/h3-11,24H,12-13H2,1-2H3,(H,28,32). The third-order valence-corrected chi connectivity index (χ3v) is 4.88. The first kappa shape index (κ1) is 24.6. The predicted octanol–water partition coefficient (Wildman–Crippen LogP) is 3.99. The van der Waals surface area contributed by atoms with E-state index in [0.29, 0.717) is 22.6 Å². The Bertz CT molecular complexity index is 1220. The van der Waals surface area contributed by atoms with Gasteiger partial charge in [-0.3, -0.25) is 14.4 Å². The second-order valence-electron chi connectivity index (χ2n) is 7.27. The summed E-state index contributed by atoms with van der Waals surface area (Å²) >= 11 is 0. The molecule has 0 aliphatic carbocycles. The highest BCUT2D eigenvalue weighted by Crippen LogP contribution is 2.22. The number of carbonyl (C=O) groups excluding carboxylic acids is 3. The molecule has 1 heterocycles. The van der Waals surface area contributed by atoms with Crippen LogP contribution in [0.4, 0.5) is 13.2 Å². The smallest absolute Gasteiger partial charge is 0.387 e. The van der Waals surface area contributed by atoms with Crippen LogP contribution in [0.2, 0.25) is 0 Å². The van der Waals surface area contributed by atoms with E-state index in [2.05, 4.69) is 10.1 Å². The van der Waals surface area contributed by atoms with Crippen LogP contribution in [0.5, 0.6) is 5.75 Å². The number of nitrogens with zero attached hydrogens (tertiary/aromatic N) is 1. The maximum Gasteiger partial charge on any atom is 0.387 e. The molecule has 10 heteroatoms. The number of amides is 1. The van der Waals surface area contributed by atoms with Crippen molar-refractivity contribution in [3.63, 3.8) is 0 Å². The highest BCUT2D eigenvalue weighted by molar-refractivity contribution is 6.00. The monoisotopic (exact) mass is 474 g/mol. The molecule has 34 heavy (non-hydrogen) atoms. The van der Waals surface area contributed by atoms with Crippen LogP contribution in [-0.4, -0.2) is 42.0 Å². The molecule has 3 rings (SSSR count). The first-order valence-corrected chi connectivity index (χ1v) is 10.1. The molecule has 0 radical (unpaired) electrons. The lowest BCUT2D eigenvalue weighted by molar-refractivity contribution is -0.141. The summed E-state index contributed by atoms with van der Waals surface area (Å²) in [5.41, 5.74) is 2.13. The van der Waals surface area contributed by atoms with Crippen molar-refractivity contribution in [2.45, 2.75) is 20.5 Å². The van der Waals surface area contributed by atoms with Gasteiger partial charge in [-0.05, 0) is 56.3 Å². The fraction of sp³-hybridized carbons (Fsp3) is 0.208. The fourth-order valence-corrected chi connectivity index (χ4v) is 3.40. The first-order chi connectivity index (χ1) is 16.2. The summed E-state index contributed by atoms with van der Waals surface area (Å²) in [6.07, 6.45) is 0. The van der Waals surface area contributed by atoms with E-state index >= 15 is 0 Å². The normalized spacial score (nSPS) is 10.8. The van der Waals surface area contributed by atoms with E-state index in [0.717, 1.165) is 6.07 Å². The number of halogens is 3. The molecule has 1 aromatic heterocycles. The van der Waals surface area contributed by atoms with Crippen LogP contribution in [0.25, 0.3) is 5.69 Å². The number of carbonyl (C=O) groups is 3. The van der Waals surface area contributed by atoms with E-state index in [4.69, 9.17) is 4.74 Å². The molecule has 0 bridgehead atoms. The summed E-state index contributed by atoms with van der Waals surface area (Å²) in [7, 11) is 0. The number of aryl methyl sites for hydroxylation is 1. The zero-order chi connectivity index (χ0) is 24.8. The Morgan fingerprint density at radius 1 is 1.03 bits per heavy atom. The van der Waals surface area contributed by atoms with Crippen molar-refractivity contribution in [3.8, 4) is 11.4 Å². The Labute approximate surface area is 193 Å². The summed E-state index contributed by atoms with van der Waals surface area (Å²) in [5.74, 6) is -2.65. The number of ketones is 1. The Hall–Kier alpha value is -4.08. The van der Waals surface area contributed by atoms with Crippen LogP contribution < -0.4 is 10.1 Å². The third kappa shape index (κ3) is 6.03. The molecular formula is C24H21F3N2O5. The van der Waals surface area contributed by atoms with E-state index in [1.165, 1.54) is 30.3 Å². The molecule has 0 unspecified atom stereocenters. The number of ether oxygens (including phenoxy) is 2. The summed E-state index contributed by atoms with van der Waals surface area (Å²) < 4.78 is 49.1. The number of hydrogen-bond donors (Lipinski definition) is 1. The van der Waals surface area contributed by atoms with Crippen molar-refractivity contribution in [1.82, 2.24) is 9.88 Å². The summed E-state index contributed by atoms with van der Waals surface area (Å²) in [6, 6.07) is 12.6. The molecule has 0 saturated heterocycles. The molecule has 1 N–H and O–H groups in total. The molecule has 3 aromatic rings. The molecule has 0 fully saturated rings. The number of nitrogens with one attached hydrogen (secondary N) is 1. The molecule has 0 atom stereocenters. The molecular weight excluding hydrogens is 453 g/mol. The molecule has 7 nitrogen and oxygen atoms in total. The second-order valence-corrected chi connectivity index (χ2v) is 7.27. The van der Waals surface area contributed by atoms with Gasteiger partial charge < -0.3 is 19.4 Å². The van der Waals surface area contributed by atoms with Gasteiger partial charge in [0.25, 0.3) is 5.91 Å². The highest BCUT2D eigenvalue weighted by atomic mass is 19.3. The Morgan fingerprint density at radius 2 is 1.76 bits per heavy atom. The number of esters is 1. The lowest BCUT2D eigenvalue weighted by atomic mass is 10.1. The number of alkyl halides is 2. The molecule has 1 amide bonds. The maximum atomic E-state index is 13.6. The minimum absolute atomic E-state index is 0.00631. The van der Waals surface area contributed by atoms with Crippen LogP contribution in [0.1, 0.15) is 32.1 Å². The van der Waals surface area contributed by atoms with Gasteiger partial charge >= 0.3 is 12.6 Å². The Morgan fingerprint density at radius 3 is 2.47 bits per heavy atom. The lowest BCUT2D eigenvalue weighted by Crippen LogP contribution is -2.31. The fourth-order valence-electron chi connectivity index (χ4n) is 3.40. The topological polar surface area (TPSA) is 86.6 Å². The maximum absolute atomic E-state index is 13.6. The van der Waals surface area contributed by atoms with Gasteiger partial charge in [-0.2, -0.15) is 8.78 Å². The third-order valence-electron chi connectivity index (χ3n) is 4.88. The van der Waals surface area contributed by atoms with E-state index in [9.17, 15) is 27.6 Å². The lowest BCUT2D eigenvalue weighted by Gasteiger charge is -2.10. The van der Waals surface area contributed by atoms with Gasteiger partial charge in [-0.25, -0.2) is 4.39 Å². The second kappa shape index (κ2) is 10.7. The minimum Gasteiger partial charge on any atom is -0.456 e. The highest BCUT2D eigenvalue weighted by Gasteiger charge is 2.19. The average Bonchev–Trinajstić information content (AvgIpc) is 3.09. The van der Waals surface area contributed by atoms with Crippen molar-refractivity contribution in [3.05, 3.63) is 82.9 Å². The Kier molecular flexibility index (Phi) is 7.72. The van der Waals surface area contributed by atoms with Crippen LogP contribution in [0, 0.1) is 19.7 Å². The van der Waals surface area contributed by atoms with Crippen LogP contribution in [-0.2, 0) is 9.53 Å². The van der Waals surface area contributed by atoms with Crippen molar-refractivity contribution < 1.29 is 37.0 Å². The van der Waals surface area contributed by atoms with Crippen LogP contribution >= 0.6 is 0 Å². The van der Waals surface area contributed by atoms with Crippen molar-refractivity contribution in [2.75, 3.05) is 13.2 Å². The van der Waals surface area contributed by atoms with Gasteiger partial charge in [-0.15, -0.1) is 0 Å². The Balaban J connectivity index is 1.56. The van der Waals surface area contributed by atoms with Crippen molar-refractivity contribution in [2.24, 2.45) is 0 Å². The van der Waals surface area contributed by atoms with Gasteiger partial charge in [0.1, 0.15) is 18.1 Å². The van der Waals surface area contributed by atoms with Gasteiger partial charge in [-0.1, -0.05) is 12.1 Å². The number of rotatable bonds is 9. The SMILES string of the molecule is Cc1cc(C(=O)COC(=O)CNC(=O)c2cccc(OC(F)F)c2)c(C)n1-c1cccc(F)c1. The number of hydrogen-bond acceptors (Lipinski definition) is 5. The van der Waals surface area contributed by atoms with Gasteiger partial charge in [0, 0.05) is 28.2 Å². The van der Waals surface area contributed by atoms with Crippen molar-refractivity contribution >= 4 is 17.7 Å². The van der Waals surface area contributed by atoms with Crippen LogP contribution in [0.15, 0.2) is 54.6 Å².